The average Bonchev–Trinajstić information content (AvgIpc) is 3.05. The first-order valence-corrected chi connectivity index (χ1v) is 21.8. The van der Waals surface area contributed by atoms with E-state index in [2.05, 4.69) is 43.5 Å². The summed E-state index contributed by atoms with van der Waals surface area (Å²) < 4.78 is 32.4. The molecule has 0 fully saturated rings. The highest BCUT2D eigenvalue weighted by molar-refractivity contribution is 7.85. The van der Waals surface area contributed by atoms with E-state index in [1.165, 1.54) is 109 Å². The molecule has 282 valence electrons. The Labute approximate surface area is 297 Å². The second kappa shape index (κ2) is 35.4. The van der Waals surface area contributed by atoms with Crippen LogP contribution < -0.4 is 5.32 Å². The van der Waals surface area contributed by atoms with E-state index in [0.29, 0.717) is 6.42 Å². The fraction of sp³-hybridized carbons (Fsp3) is 0.829. The molecule has 0 saturated carbocycles. The second-order valence-electron chi connectivity index (χ2n) is 13.9. The molecule has 48 heavy (non-hydrogen) atoms. The van der Waals surface area contributed by atoms with Crippen molar-refractivity contribution in [2.45, 2.75) is 212 Å². The number of aliphatic hydroxyl groups is 1. The molecule has 0 aliphatic heterocycles. The van der Waals surface area contributed by atoms with Crippen LogP contribution in [0.1, 0.15) is 200 Å². The van der Waals surface area contributed by atoms with Crippen molar-refractivity contribution in [2.24, 2.45) is 0 Å². The van der Waals surface area contributed by atoms with Crippen molar-refractivity contribution in [1.29, 1.82) is 0 Å². The summed E-state index contributed by atoms with van der Waals surface area (Å²) in [6.07, 6.45) is 45.6. The van der Waals surface area contributed by atoms with Gasteiger partial charge < -0.3 is 10.4 Å². The number of unbranched alkanes of at least 4 members (excludes halogenated alkanes) is 24. The standard InChI is InChI=1S/C41H77NO5S/c1-3-5-7-9-11-13-15-17-18-19-20-21-22-23-25-26-28-30-32-34-36-40(43)39(38-48(45,46)47)42-41(44)37-35-33-31-29-27-24-16-14-12-10-8-6-4-2/h8,10,14,16,34,36,39-40,43H,3-7,9,11-13,15,17-33,35,37-38H2,1-2H3,(H,42,44)(H,45,46,47)/b10-8-,16-14-,36-34+. The lowest BCUT2D eigenvalue weighted by molar-refractivity contribution is -0.122. The molecule has 0 radical (unpaired) electrons. The van der Waals surface area contributed by atoms with E-state index in [1.54, 1.807) is 6.08 Å². The minimum atomic E-state index is -4.34. The zero-order chi connectivity index (χ0) is 35.4. The van der Waals surface area contributed by atoms with Gasteiger partial charge >= 0.3 is 0 Å². The molecule has 0 heterocycles. The number of aliphatic hydroxyl groups excluding tert-OH is 1. The van der Waals surface area contributed by atoms with Crippen molar-refractivity contribution in [3.63, 3.8) is 0 Å². The molecule has 0 spiro atoms. The smallest absolute Gasteiger partial charge is 0.267 e. The van der Waals surface area contributed by atoms with Gasteiger partial charge in [0, 0.05) is 6.42 Å². The highest BCUT2D eigenvalue weighted by atomic mass is 32.2. The molecule has 2 unspecified atom stereocenters. The molecule has 6 nitrogen and oxygen atoms in total. The number of allylic oxidation sites excluding steroid dienone is 5. The Morgan fingerprint density at radius 2 is 0.979 bits per heavy atom. The molecule has 0 aliphatic rings. The van der Waals surface area contributed by atoms with E-state index in [4.69, 9.17) is 0 Å². The Morgan fingerprint density at radius 1 is 0.562 bits per heavy atom. The molecular formula is C41H77NO5S. The molecule has 0 saturated heterocycles. The lowest BCUT2D eigenvalue weighted by atomic mass is 10.0. The van der Waals surface area contributed by atoms with Crippen molar-refractivity contribution in [1.82, 2.24) is 5.32 Å². The number of rotatable bonds is 36. The SMILES string of the molecule is CCC/C=C\C/C=C\CCCCCCCC(=O)NC(CS(=O)(=O)O)C(O)/C=C/CCCCCCCCCCCCCCCCCCCC. The quantitative estimate of drug-likeness (QED) is 0.0344. The highest BCUT2D eigenvalue weighted by Crippen LogP contribution is 2.15. The van der Waals surface area contributed by atoms with E-state index in [-0.39, 0.29) is 12.3 Å². The van der Waals surface area contributed by atoms with Crippen molar-refractivity contribution in [3.8, 4) is 0 Å². The fourth-order valence-electron chi connectivity index (χ4n) is 6.02. The molecule has 3 N–H and O–H groups in total. The van der Waals surface area contributed by atoms with Crippen molar-refractivity contribution in [3.05, 3.63) is 36.5 Å². The summed E-state index contributed by atoms with van der Waals surface area (Å²) in [6, 6.07) is -1.06. The van der Waals surface area contributed by atoms with E-state index < -0.39 is 28.0 Å². The van der Waals surface area contributed by atoms with Gasteiger partial charge in [0.1, 0.15) is 0 Å². The first kappa shape index (κ1) is 46.6. The largest absolute Gasteiger partial charge is 0.387 e. The van der Waals surface area contributed by atoms with Crippen LogP contribution in [0.2, 0.25) is 0 Å². The number of carbonyl (C=O) groups excluding carboxylic acids is 1. The molecule has 2 atom stereocenters. The van der Waals surface area contributed by atoms with Crippen LogP contribution in [0.3, 0.4) is 0 Å². The third-order valence-electron chi connectivity index (χ3n) is 9.04. The molecule has 0 aromatic heterocycles. The van der Waals surface area contributed by atoms with E-state index >= 15 is 0 Å². The van der Waals surface area contributed by atoms with Crippen LogP contribution in [0.15, 0.2) is 36.5 Å². The van der Waals surface area contributed by atoms with Crippen LogP contribution in [-0.4, -0.2) is 41.9 Å². The monoisotopic (exact) mass is 696 g/mol. The van der Waals surface area contributed by atoms with Crippen LogP contribution >= 0.6 is 0 Å². The van der Waals surface area contributed by atoms with Gasteiger partial charge in [-0.25, -0.2) is 0 Å². The number of carbonyl (C=O) groups is 1. The Balaban J connectivity index is 3.91. The molecule has 0 bridgehead atoms. The molecule has 1 amide bonds. The van der Waals surface area contributed by atoms with Crippen LogP contribution in [0.4, 0.5) is 0 Å². The van der Waals surface area contributed by atoms with E-state index in [0.717, 1.165) is 64.2 Å². The maximum Gasteiger partial charge on any atom is 0.267 e. The van der Waals surface area contributed by atoms with Crippen LogP contribution in [0, 0.1) is 0 Å². The number of nitrogens with one attached hydrogen (secondary N) is 1. The molecule has 0 aromatic carbocycles. The summed E-state index contributed by atoms with van der Waals surface area (Å²) in [4.78, 5) is 12.5. The van der Waals surface area contributed by atoms with Crippen molar-refractivity contribution >= 4 is 16.0 Å². The molecule has 0 aliphatic carbocycles. The van der Waals surface area contributed by atoms with Gasteiger partial charge in [-0.2, -0.15) is 8.42 Å². The van der Waals surface area contributed by atoms with Gasteiger partial charge in [0.05, 0.1) is 17.9 Å². The molecule has 0 aromatic rings. The summed E-state index contributed by atoms with van der Waals surface area (Å²) in [5.74, 6) is -0.996. The van der Waals surface area contributed by atoms with Crippen LogP contribution in [0.25, 0.3) is 0 Å². The lowest BCUT2D eigenvalue weighted by Gasteiger charge is -2.21. The molecule has 7 heteroatoms. The van der Waals surface area contributed by atoms with Gasteiger partial charge in [-0.1, -0.05) is 185 Å². The Kier molecular flexibility index (Phi) is 34.3. The maximum atomic E-state index is 12.5. The first-order chi connectivity index (χ1) is 23.3. The summed E-state index contributed by atoms with van der Waals surface area (Å²) in [6.45, 7) is 4.45. The van der Waals surface area contributed by atoms with Gasteiger partial charge in [0.15, 0.2) is 0 Å². The Morgan fingerprint density at radius 3 is 1.44 bits per heavy atom. The van der Waals surface area contributed by atoms with Crippen molar-refractivity contribution < 1.29 is 22.9 Å². The summed E-state index contributed by atoms with van der Waals surface area (Å²) >= 11 is 0. The predicted octanol–water partition coefficient (Wildman–Crippen LogP) is 11.7. The minimum absolute atomic E-state index is 0.279. The second-order valence-corrected chi connectivity index (χ2v) is 15.4. The topological polar surface area (TPSA) is 104 Å². The molecular weight excluding hydrogens is 619 g/mol. The van der Waals surface area contributed by atoms with Gasteiger partial charge in [-0.3, -0.25) is 9.35 Å². The summed E-state index contributed by atoms with van der Waals surface area (Å²) in [5, 5.41) is 13.2. The lowest BCUT2D eigenvalue weighted by Crippen LogP contribution is -2.46. The van der Waals surface area contributed by atoms with Gasteiger partial charge in [0.2, 0.25) is 5.91 Å². The zero-order valence-corrected chi connectivity index (χ0v) is 32.2. The van der Waals surface area contributed by atoms with Gasteiger partial charge in [-0.05, 0) is 44.9 Å². The van der Waals surface area contributed by atoms with Gasteiger partial charge in [0.25, 0.3) is 10.1 Å². The first-order valence-electron chi connectivity index (χ1n) is 20.2. The fourth-order valence-corrected chi connectivity index (χ4v) is 6.75. The Hall–Kier alpha value is -1.44. The maximum absolute atomic E-state index is 12.5. The third-order valence-corrected chi connectivity index (χ3v) is 9.82. The van der Waals surface area contributed by atoms with E-state index in [9.17, 15) is 22.9 Å². The number of amides is 1. The van der Waals surface area contributed by atoms with Crippen molar-refractivity contribution in [2.75, 3.05) is 5.75 Å². The third kappa shape index (κ3) is 35.9. The highest BCUT2D eigenvalue weighted by Gasteiger charge is 2.24. The van der Waals surface area contributed by atoms with Crippen LogP contribution in [0.5, 0.6) is 0 Å². The minimum Gasteiger partial charge on any atom is -0.387 e. The summed E-state index contributed by atoms with van der Waals surface area (Å²) in [5.41, 5.74) is 0. The molecule has 0 rings (SSSR count). The summed E-state index contributed by atoms with van der Waals surface area (Å²) in [7, 11) is -4.34. The Bertz CT molecular complexity index is 899. The van der Waals surface area contributed by atoms with Crippen LogP contribution in [-0.2, 0) is 14.9 Å². The average molecular weight is 696 g/mol. The normalized spacial score (nSPS) is 13.7. The number of hydrogen-bond acceptors (Lipinski definition) is 4. The number of hydrogen-bond donors (Lipinski definition) is 3. The zero-order valence-electron chi connectivity index (χ0n) is 31.4. The van der Waals surface area contributed by atoms with Gasteiger partial charge in [-0.15, -0.1) is 0 Å². The van der Waals surface area contributed by atoms with E-state index in [1.807, 2.05) is 6.08 Å². The predicted molar refractivity (Wildman–Crippen MR) is 207 cm³/mol.